The molecule has 1 aromatic carbocycles. The first kappa shape index (κ1) is 19.3. The Morgan fingerprint density at radius 3 is 2.86 bits per heavy atom. The highest BCUT2D eigenvalue weighted by molar-refractivity contribution is 7.07. The van der Waals surface area contributed by atoms with Gasteiger partial charge in [-0.2, -0.15) is 5.10 Å². The van der Waals surface area contributed by atoms with Crippen LogP contribution >= 0.6 is 11.3 Å². The predicted molar refractivity (Wildman–Crippen MR) is 108 cm³/mol. The van der Waals surface area contributed by atoms with E-state index < -0.39 is 4.92 Å². The summed E-state index contributed by atoms with van der Waals surface area (Å²) in [6, 6.07) is 10.4. The van der Waals surface area contributed by atoms with Crippen molar-refractivity contribution in [1.82, 2.24) is 4.68 Å². The summed E-state index contributed by atoms with van der Waals surface area (Å²) in [4.78, 5) is 15.4. The first-order valence-electron chi connectivity index (χ1n) is 8.27. The van der Waals surface area contributed by atoms with E-state index in [-0.39, 0.29) is 11.6 Å². The molecule has 0 aliphatic carbocycles. The highest BCUT2D eigenvalue weighted by Gasteiger charge is 2.13. The molecule has 0 aliphatic heterocycles. The summed E-state index contributed by atoms with van der Waals surface area (Å²) < 4.78 is 12.3. The second-order valence-electron chi connectivity index (χ2n) is 5.87. The first-order chi connectivity index (χ1) is 13.5. The van der Waals surface area contributed by atoms with Crippen LogP contribution in [0.1, 0.15) is 12.7 Å². The number of benzene rings is 1. The number of thiazole rings is 1. The number of hydrogen-bond donors (Lipinski definition) is 0. The molecule has 2 aromatic heterocycles. The van der Waals surface area contributed by atoms with Gasteiger partial charge in [0.25, 0.3) is 0 Å². The van der Waals surface area contributed by atoms with E-state index >= 15 is 0 Å². The van der Waals surface area contributed by atoms with Gasteiger partial charge in [-0.1, -0.05) is 24.3 Å². The molecular weight excluding hydrogens is 380 g/mol. The molecule has 0 bridgehead atoms. The van der Waals surface area contributed by atoms with Crippen molar-refractivity contribution in [1.29, 1.82) is 0 Å². The summed E-state index contributed by atoms with van der Waals surface area (Å²) in [5.41, 5.74) is 2.55. The molecule has 0 atom stereocenters. The maximum absolute atomic E-state index is 10.8. The molecule has 0 spiro atoms. The fourth-order valence-electron chi connectivity index (χ4n) is 2.39. The van der Waals surface area contributed by atoms with E-state index in [0.717, 1.165) is 16.8 Å². The maximum atomic E-state index is 10.8. The van der Waals surface area contributed by atoms with E-state index in [4.69, 9.17) is 9.15 Å². The Balaban J connectivity index is 2.09. The molecular formula is C19H18N4O4S. The zero-order valence-corrected chi connectivity index (χ0v) is 16.2. The second-order valence-corrected chi connectivity index (χ2v) is 6.70. The van der Waals surface area contributed by atoms with Gasteiger partial charge in [0.1, 0.15) is 10.7 Å². The third-order valence-corrected chi connectivity index (χ3v) is 4.50. The number of ether oxygens (including phenoxy) is 1. The quantitative estimate of drug-likeness (QED) is 0.259. The Kier molecular flexibility index (Phi) is 5.85. The summed E-state index contributed by atoms with van der Waals surface area (Å²) in [6.07, 6.45) is 1.42. The van der Waals surface area contributed by atoms with Gasteiger partial charge in [-0.15, -0.1) is 11.3 Å². The minimum atomic E-state index is -0.594. The molecule has 3 aromatic rings. The van der Waals surface area contributed by atoms with E-state index in [2.05, 4.69) is 16.7 Å². The molecule has 0 saturated carbocycles. The van der Waals surface area contributed by atoms with Gasteiger partial charge < -0.3 is 9.15 Å². The van der Waals surface area contributed by atoms with Crippen LogP contribution in [0, 0.1) is 10.1 Å². The van der Waals surface area contributed by atoms with Crippen molar-refractivity contribution in [3.8, 4) is 17.0 Å². The van der Waals surface area contributed by atoms with Crippen molar-refractivity contribution in [3.63, 3.8) is 0 Å². The van der Waals surface area contributed by atoms with Crippen LogP contribution in [-0.2, 0) is 0 Å². The fourth-order valence-corrected chi connectivity index (χ4v) is 3.22. The second kappa shape index (κ2) is 8.49. The van der Waals surface area contributed by atoms with E-state index in [1.165, 1.54) is 29.7 Å². The van der Waals surface area contributed by atoms with Gasteiger partial charge in [0.2, 0.25) is 4.80 Å². The van der Waals surface area contributed by atoms with Gasteiger partial charge in [0.05, 0.1) is 31.6 Å². The zero-order valence-electron chi connectivity index (χ0n) is 15.4. The van der Waals surface area contributed by atoms with Crippen molar-refractivity contribution >= 4 is 23.4 Å². The van der Waals surface area contributed by atoms with Crippen LogP contribution in [0.15, 0.2) is 68.4 Å². The predicted octanol–water partition coefficient (Wildman–Crippen LogP) is 4.09. The van der Waals surface area contributed by atoms with Crippen LogP contribution in [-0.4, -0.2) is 29.5 Å². The Labute approximate surface area is 164 Å². The summed E-state index contributed by atoms with van der Waals surface area (Å²) >= 11 is 1.42. The van der Waals surface area contributed by atoms with E-state index in [0.29, 0.717) is 17.1 Å². The lowest BCUT2D eigenvalue weighted by atomic mass is 10.1. The molecule has 0 radical (unpaired) electrons. The normalized spacial score (nSPS) is 11.9. The van der Waals surface area contributed by atoms with Crippen molar-refractivity contribution < 1.29 is 14.1 Å². The summed E-state index contributed by atoms with van der Waals surface area (Å²) in [5.74, 6) is 0.625. The average molecular weight is 398 g/mol. The van der Waals surface area contributed by atoms with Gasteiger partial charge in [-0.25, -0.2) is 4.68 Å². The average Bonchev–Trinajstić information content (AvgIpc) is 3.31. The molecule has 0 aliphatic rings. The highest BCUT2D eigenvalue weighted by Crippen LogP contribution is 2.30. The van der Waals surface area contributed by atoms with Crippen LogP contribution in [0.5, 0.6) is 5.75 Å². The number of rotatable bonds is 7. The molecule has 144 valence electrons. The number of nitrogens with zero attached hydrogens (tertiary/aromatic N) is 4. The Morgan fingerprint density at radius 2 is 2.18 bits per heavy atom. The molecule has 9 heteroatoms. The lowest BCUT2D eigenvalue weighted by molar-refractivity contribution is -0.402. The number of aromatic nitrogens is 1. The largest absolute Gasteiger partial charge is 0.496 e. The van der Waals surface area contributed by atoms with Gasteiger partial charge in [-0.05, 0) is 25.1 Å². The van der Waals surface area contributed by atoms with Crippen LogP contribution in [0.4, 0.5) is 5.88 Å². The lowest BCUT2D eigenvalue weighted by Crippen LogP contribution is -2.13. The minimum Gasteiger partial charge on any atom is -0.496 e. The van der Waals surface area contributed by atoms with E-state index in [9.17, 15) is 10.1 Å². The Bertz CT molecular complexity index is 1110. The van der Waals surface area contributed by atoms with Crippen LogP contribution in [0.3, 0.4) is 0 Å². The van der Waals surface area contributed by atoms with Gasteiger partial charge >= 0.3 is 5.88 Å². The molecule has 28 heavy (non-hydrogen) atoms. The Morgan fingerprint density at radius 1 is 1.39 bits per heavy atom. The summed E-state index contributed by atoms with van der Waals surface area (Å²) in [5, 5.41) is 17.2. The standard InChI is InChI=1S/C19H18N4O4S/c1-13(2)10-20-19-22(21-11-14-8-9-18(27-14)23(24)25)16(12-28-19)15-6-4-5-7-17(15)26-3/h4-9,11-12H,1,10H2,2-3H3. The highest BCUT2D eigenvalue weighted by atomic mass is 32.1. The molecule has 0 unspecified atom stereocenters. The van der Waals surface area contributed by atoms with Crippen LogP contribution < -0.4 is 9.54 Å². The third kappa shape index (κ3) is 4.26. The van der Waals surface area contributed by atoms with Gasteiger partial charge in [0.15, 0.2) is 5.76 Å². The zero-order chi connectivity index (χ0) is 20.1. The Hall–Kier alpha value is -3.46. The molecule has 0 saturated heterocycles. The van der Waals surface area contributed by atoms with Crippen molar-refractivity contribution in [3.05, 3.63) is 74.6 Å². The number of para-hydroxylation sites is 1. The summed E-state index contributed by atoms with van der Waals surface area (Å²) in [7, 11) is 1.60. The van der Waals surface area contributed by atoms with Gasteiger partial charge in [0, 0.05) is 10.9 Å². The number of nitro groups is 1. The van der Waals surface area contributed by atoms with Gasteiger partial charge in [-0.3, -0.25) is 15.1 Å². The number of methoxy groups -OCH3 is 1. The monoisotopic (exact) mass is 398 g/mol. The molecule has 8 nitrogen and oxygen atoms in total. The third-order valence-electron chi connectivity index (χ3n) is 3.65. The molecule has 3 rings (SSSR count). The fraction of sp³-hybridized carbons (Fsp3) is 0.158. The van der Waals surface area contributed by atoms with Crippen LogP contribution in [0.25, 0.3) is 11.3 Å². The van der Waals surface area contributed by atoms with E-state index in [1.807, 2.05) is 36.6 Å². The smallest absolute Gasteiger partial charge is 0.433 e. The first-order valence-corrected chi connectivity index (χ1v) is 9.15. The summed E-state index contributed by atoms with van der Waals surface area (Å²) in [6.45, 7) is 6.23. The minimum absolute atomic E-state index is 0.266. The molecule has 0 amide bonds. The maximum Gasteiger partial charge on any atom is 0.433 e. The van der Waals surface area contributed by atoms with Crippen molar-refractivity contribution in [2.75, 3.05) is 13.7 Å². The van der Waals surface area contributed by atoms with Crippen molar-refractivity contribution in [2.45, 2.75) is 6.92 Å². The topological polar surface area (TPSA) is 95.2 Å². The number of furan rings is 1. The molecule has 0 fully saturated rings. The van der Waals surface area contributed by atoms with E-state index in [1.54, 1.807) is 11.8 Å². The SMILES string of the molecule is C=C(C)CN=c1scc(-c2ccccc2OC)n1N=Cc1ccc([N+](=O)[O-])o1. The molecule has 0 N–H and O–H groups in total. The van der Waals surface area contributed by atoms with Crippen LogP contribution in [0.2, 0.25) is 0 Å². The molecule has 2 heterocycles. The number of hydrogen-bond acceptors (Lipinski definition) is 7. The lowest BCUT2D eigenvalue weighted by Gasteiger charge is -2.08. The van der Waals surface area contributed by atoms with Crippen molar-refractivity contribution in [2.24, 2.45) is 10.1 Å².